The molecule has 2 rings (SSSR count). The van der Waals surface area contributed by atoms with Gasteiger partial charge in [0, 0.05) is 23.7 Å². The van der Waals surface area contributed by atoms with Crippen LogP contribution in [0.5, 0.6) is 0 Å². The van der Waals surface area contributed by atoms with Crippen LogP contribution < -0.4 is 11.3 Å². The maximum absolute atomic E-state index is 11.8. The van der Waals surface area contributed by atoms with E-state index in [1.54, 1.807) is 18.5 Å². The van der Waals surface area contributed by atoms with Gasteiger partial charge < -0.3 is 10.3 Å². The molecule has 0 atom stereocenters. The second-order valence-electron chi connectivity index (χ2n) is 3.92. The van der Waals surface area contributed by atoms with Crippen LogP contribution in [0.3, 0.4) is 0 Å². The van der Waals surface area contributed by atoms with Crippen LogP contribution in [-0.4, -0.2) is 4.57 Å². The first-order chi connectivity index (χ1) is 7.02. The smallest absolute Gasteiger partial charge is 0.255 e. The van der Waals surface area contributed by atoms with Crippen LogP contribution in [0.1, 0.15) is 11.1 Å². The number of anilines is 1. The molecule has 1 aromatic heterocycles. The number of fused-ring (bicyclic) bond motifs is 1. The average molecular weight is 202 g/mol. The van der Waals surface area contributed by atoms with Gasteiger partial charge in [0.05, 0.1) is 5.52 Å². The molecule has 0 fully saturated rings. The Morgan fingerprint density at radius 3 is 2.60 bits per heavy atom. The molecule has 1 aromatic carbocycles. The maximum Gasteiger partial charge on any atom is 0.255 e. The highest BCUT2D eigenvalue weighted by molar-refractivity contribution is 5.92. The summed E-state index contributed by atoms with van der Waals surface area (Å²) in [7, 11) is 1.77. The summed E-state index contributed by atoms with van der Waals surface area (Å²) in [4.78, 5) is 11.8. The monoisotopic (exact) mass is 202 g/mol. The van der Waals surface area contributed by atoms with E-state index < -0.39 is 0 Å². The molecular weight excluding hydrogens is 188 g/mol. The number of nitrogens with zero attached hydrogens (tertiary/aromatic N) is 1. The van der Waals surface area contributed by atoms with E-state index in [-0.39, 0.29) is 5.56 Å². The minimum Gasteiger partial charge on any atom is -0.398 e. The Morgan fingerprint density at radius 2 is 1.93 bits per heavy atom. The van der Waals surface area contributed by atoms with Crippen molar-refractivity contribution >= 4 is 16.6 Å². The fraction of sp³-hybridized carbons (Fsp3) is 0.250. The van der Waals surface area contributed by atoms with Crippen molar-refractivity contribution in [2.45, 2.75) is 13.8 Å². The molecule has 15 heavy (non-hydrogen) atoms. The minimum atomic E-state index is -0.0226. The van der Waals surface area contributed by atoms with E-state index in [1.807, 2.05) is 25.1 Å². The molecule has 0 bridgehead atoms. The average Bonchev–Trinajstić information content (AvgIpc) is 2.23. The first-order valence-electron chi connectivity index (χ1n) is 4.88. The number of hydrogen-bond acceptors (Lipinski definition) is 2. The number of nitrogen functional groups attached to an aromatic ring is 1. The van der Waals surface area contributed by atoms with E-state index >= 15 is 0 Å². The summed E-state index contributed by atoms with van der Waals surface area (Å²) in [5.41, 5.74) is 9.13. The third-order valence-corrected chi connectivity index (χ3v) is 2.83. The van der Waals surface area contributed by atoms with Crippen LogP contribution in [0.25, 0.3) is 10.9 Å². The highest BCUT2D eigenvalue weighted by Gasteiger charge is 2.08. The number of benzene rings is 1. The molecule has 0 spiro atoms. The first kappa shape index (κ1) is 9.77. The number of rotatable bonds is 0. The lowest BCUT2D eigenvalue weighted by Crippen LogP contribution is -2.21. The van der Waals surface area contributed by atoms with E-state index in [0.29, 0.717) is 11.3 Å². The van der Waals surface area contributed by atoms with Crippen molar-refractivity contribution in [1.82, 2.24) is 4.57 Å². The van der Waals surface area contributed by atoms with Crippen LogP contribution >= 0.6 is 0 Å². The molecule has 0 aliphatic rings. The van der Waals surface area contributed by atoms with Crippen molar-refractivity contribution < 1.29 is 0 Å². The normalized spacial score (nSPS) is 10.9. The molecule has 0 unspecified atom stereocenters. The second-order valence-corrected chi connectivity index (χ2v) is 3.92. The zero-order valence-corrected chi connectivity index (χ0v) is 9.16. The van der Waals surface area contributed by atoms with Gasteiger partial charge in [0.15, 0.2) is 0 Å². The zero-order valence-electron chi connectivity index (χ0n) is 9.16. The minimum absolute atomic E-state index is 0.0226. The lowest BCUT2D eigenvalue weighted by molar-refractivity contribution is 0.894. The van der Waals surface area contributed by atoms with Gasteiger partial charge in [0.25, 0.3) is 5.56 Å². The summed E-state index contributed by atoms with van der Waals surface area (Å²) in [5, 5.41) is 0.945. The van der Waals surface area contributed by atoms with E-state index in [4.69, 9.17) is 5.73 Å². The summed E-state index contributed by atoms with van der Waals surface area (Å²) in [6.07, 6.45) is 0. The van der Waals surface area contributed by atoms with E-state index in [9.17, 15) is 4.79 Å². The van der Waals surface area contributed by atoms with Crippen LogP contribution in [0.4, 0.5) is 5.69 Å². The third-order valence-electron chi connectivity index (χ3n) is 2.83. The van der Waals surface area contributed by atoms with Gasteiger partial charge in [-0.1, -0.05) is 12.1 Å². The predicted octanol–water partition coefficient (Wildman–Crippen LogP) is 1.74. The number of hydrogen-bond donors (Lipinski definition) is 1. The highest BCUT2D eigenvalue weighted by atomic mass is 16.1. The Kier molecular flexibility index (Phi) is 2.03. The van der Waals surface area contributed by atoms with Crippen LogP contribution in [0, 0.1) is 13.8 Å². The zero-order chi connectivity index (χ0) is 11.2. The number of aromatic nitrogens is 1. The van der Waals surface area contributed by atoms with Crippen molar-refractivity contribution in [3.63, 3.8) is 0 Å². The fourth-order valence-electron chi connectivity index (χ4n) is 1.83. The number of pyridine rings is 1. The molecule has 3 nitrogen and oxygen atoms in total. The molecule has 78 valence electrons. The van der Waals surface area contributed by atoms with Gasteiger partial charge in [-0.05, 0) is 25.5 Å². The molecule has 0 radical (unpaired) electrons. The van der Waals surface area contributed by atoms with E-state index in [0.717, 1.165) is 16.5 Å². The lowest BCUT2D eigenvalue weighted by Gasteiger charge is -2.10. The van der Waals surface area contributed by atoms with Gasteiger partial charge >= 0.3 is 0 Å². The summed E-state index contributed by atoms with van der Waals surface area (Å²) in [6, 6.07) is 5.95. The Hall–Kier alpha value is -1.77. The molecular formula is C12H14N2O. The largest absolute Gasteiger partial charge is 0.398 e. The van der Waals surface area contributed by atoms with Crippen molar-refractivity contribution in [1.29, 1.82) is 0 Å². The molecule has 3 heteroatoms. The SMILES string of the molecule is Cc1ccc2c(N)c(C)c(=O)n(C)c2c1. The summed E-state index contributed by atoms with van der Waals surface area (Å²) in [5.74, 6) is 0. The summed E-state index contributed by atoms with van der Waals surface area (Å²) in [6.45, 7) is 3.76. The van der Waals surface area contributed by atoms with Gasteiger partial charge in [-0.2, -0.15) is 0 Å². The van der Waals surface area contributed by atoms with Crippen molar-refractivity contribution in [3.8, 4) is 0 Å². The van der Waals surface area contributed by atoms with Crippen LogP contribution in [0.15, 0.2) is 23.0 Å². The molecule has 0 aliphatic carbocycles. The number of aryl methyl sites for hydroxylation is 2. The topological polar surface area (TPSA) is 48.0 Å². The molecule has 2 N–H and O–H groups in total. The van der Waals surface area contributed by atoms with E-state index in [2.05, 4.69) is 0 Å². The molecule has 1 heterocycles. The van der Waals surface area contributed by atoms with Gasteiger partial charge in [0.2, 0.25) is 0 Å². The van der Waals surface area contributed by atoms with Gasteiger partial charge in [0.1, 0.15) is 0 Å². The summed E-state index contributed by atoms with van der Waals surface area (Å²) < 4.78 is 1.65. The molecule has 2 aromatic rings. The number of nitrogens with two attached hydrogens (primary N) is 1. The van der Waals surface area contributed by atoms with Gasteiger partial charge in [-0.25, -0.2) is 0 Å². The van der Waals surface area contributed by atoms with Gasteiger partial charge in [-0.15, -0.1) is 0 Å². The Morgan fingerprint density at radius 1 is 1.27 bits per heavy atom. The second kappa shape index (κ2) is 3.12. The van der Waals surface area contributed by atoms with Crippen molar-refractivity contribution in [2.24, 2.45) is 7.05 Å². The summed E-state index contributed by atoms with van der Waals surface area (Å²) >= 11 is 0. The van der Waals surface area contributed by atoms with Crippen molar-refractivity contribution in [3.05, 3.63) is 39.7 Å². The third kappa shape index (κ3) is 1.31. The fourth-order valence-corrected chi connectivity index (χ4v) is 1.83. The molecule has 0 saturated heterocycles. The lowest BCUT2D eigenvalue weighted by atomic mass is 10.1. The Balaban J connectivity index is 3.07. The van der Waals surface area contributed by atoms with Crippen molar-refractivity contribution in [2.75, 3.05) is 5.73 Å². The standard InChI is InChI=1S/C12H14N2O/c1-7-4-5-9-10(6-7)14(3)12(15)8(2)11(9)13/h4-6H,13H2,1-3H3. The van der Waals surface area contributed by atoms with Crippen LogP contribution in [-0.2, 0) is 7.05 Å². The highest BCUT2D eigenvalue weighted by Crippen LogP contribution is 2.22. The Labute approximate surface area is 88.1 Å². The maximum atomic E-state index is 11.8. The van der Waals surface area contributed by atoms with E-state index in [1.165, 1.54) is 0 Å². The first-order valence-corrected chi connectivity index (χ1v) is 4.88. The molecule has 0 saturated carbocycles. The Bertz CT molecular complexity index is 597. The molecule has 0 amide bonds. The quantitative estimate of drug-likeness (QED) is 0.707. The van der Waals surface area contributed by atoms with Crippen LogP contribution in [0.2, 0.25) is 0 Å². The predicted molar refractivity (Wildman–Crippen MR) is 63.1 cm³/mol. The van der Waals surface area contributed by atoms with Gasteiger partial charge in [-0.3, -0.25) is 4.79 Å². The molecule has 0 aliphatic heterocycles.